The molecule has 19 heavy (non-hydrogen) atoms. The second-order valence-electron chi connectivity index (χ2n) is 4.46. The van der Waals surface area contributed by atoms with Crippen molar-refractivity contribution >= 4 is 11.6 Å². The molecule has 0 unspecified atom stereocenters. The van der Waals surface area contributed by atoms with Crippen LogP contribution in [0.15, 0.2) is 6.33 Å². The molecule has 0 aromatic carbocycles. The van der Waals surface area contributed by atoms with Crippen molar-refractivity contribution in [3.8, 4) is 0 Å². The van der Waals surface area contributed by atoms with Gasteiger partial charge in [0.15, 0.2) is 0 Å². The van der Waals surface area contributed by atoms with Crippen LogP contribution in [0, 0.1) is 0 Å². The number of nitrogens with zero attached hydrogens (tertiary/aromatic N) is 3. The van der Waals surface area contributed by atoms with E-state index in [9.17, 15) is 13.2 Å². The van der Waals surface area contributed by atoms with Gasteiger partial charge in [0.1, 0.15) is 24.5 Å². The molecule has 0 spiro atoms. The zero-order valence-corrected chi connectivity index (χ0v) is 11.5. The van der Waals surface area contributed by atoms with Crippen molar-refractivity contribution in [2.24, 2.45) is 0 Å². The second-order valence-corrected chi connectivity index (χ2v) is 4.46. The van der Waals surface area contributed by atoms with Gasteiger partial charge in [0.05, 0.1) is 0 Å². The lowest BCUT2D eigenvalue weighted by molar-refractivity contribution is -0.120. The number of rotatable bonds is 5. The maximum Gasteiger partial charge on any atom is 0.405 e. The van der Waals surface area contributed by atoms with Crippen molar-refractivity contribution in [2.75, 3.05) is 23.8 Å². The van der Waals surface area contributed by atoms with Gasteiger partial charge in [-0.15, -0.1) is 0 Å². The molecule has 0 bridgehead atoms. The number of alkyl halides is 3. The Morgan fingerprint density at radius 1 is 1.32 bits per heavy atom. The fourth-order valence-corrected chi connectivity index (χ4v) is 1.89. The van der Waals surface area contributed by atoms with Crippen molar-refractivity contribution in [1.82, 2.24) is 9.97 Å². The van der Waals surface area contributed by atoms with Crippen molar-refractivity contribution in [3.05, 3.63) is 11.9 Å². The molecular formula is C12H19F3N4. The van der Waals surface area contributed by atoms with Gasteiger partial charge in [-0.05, 0) is 20.3 Å². The van der Waals surface area contributed by atoms with Gasteiger partial charge in [0, 0.05) is 18.7 Å². The van der Waals surface area contributed by atoms with Crippen LogP contribution in [0.3, 0.4) is 0 Å². The van der Waals surface area contributed by atoms with Crippen LogP contribution in [-0.4, -0.2) is 35.8 Å². The molecule has 0 saturated heterocycles. The Morgan fingerprint density at radius 3 is 2.37 bits per heavy atom. The first-order valence-corrected chi connectivity index (χ1v) is 6.15. The minimum absolute atomic E-state index is 0.300. The molecule has 1 N–H and O–H groups in total. The summed E-state index contributed by atoms with van der Waals surface area (Å²) in [4.78, 5) is 9.33. The van der Waals surface area contributed by atoms with E-state index in [-0.39, 0.29) is 6.04 Å². The summed E-state index contributed by atoms with van der Waals surface area (Å²) in [5, 5.41) is 2.88. The molecule has 0 fully saturated rings. The van der Waals surface area contributed by atoms with E-state index in [0.717, 1.165) is 0 Å². The number of nitrogens with one attached hydrogen (secondary N) is 1. The monoisotopic (exact) mass is 276 g/mol. The zero-order valence-electron chi connectivity index (χ0n) is 11.5. The van der Waals surface area contributed by atoms with Gasteiger partial charge in [0.2, 0.25) is 0 Å². The predicted molar refractivity (Wildman–Crippen MR) is 69.5 cm³/mol. The second kappa shape index (κ2) is 6.08. The van der Waals surface area contributed by atoms with Crippen LogP contribution in [0.2, 0.25) is 0 Å². The van der Waals surface area contributed by atoms with Crippen LogP contribution < -0.4 is 10.2 Å². The van der Waals surface area contributed by atoms with E-state index < -0.39 is 12.7 Å². The topological polar surface area (TPSA) is 41.1 Å². The van der Waals surface area contributed by atoms with E-state index in [1.165, 1.54) is 11.2 Å². The summed E-state index contributed by atoms with van der Waals surface area (Å²) in [6, 6.07) is -0.300. The lowest BCUT2D eigenvalue weighted by Gasteiger charge is -2.30. The third kappa shape index (κ3) is 3.97. The minimum atomic E-state index is -4.26. The third-order valence-electron chi connectivity index (χ3n) is 2.76. The lowest BCUT2D eigenvalue weighted by atomic mass is 10.1. The van der Waals surface area contributed by atoms with Crippen LogP contribution in [0.5, 0.6) is 0 Å². The Morgan fingerprint density at radius 2 is 1.95 bits per heavy atom. The third-order valence-corrected chi connectivity index (χ3v) is 2.76. The van der Waals surface area contributed by atoms with Crippen molar-refractivity contribution in [3.63, 3.8) is 0 Å². The lowest BCUT2D eigenvalue weighted by Crippen LogP contribution is -2.40. The van der Waals surface area contributed by atoms with E-state index in [2.05, 4.69) is 15.3 Å². The highest BCUT2D eigenvalue weighted by molar-refractivity contribution is 5.59. The number of hydrogen-bond donors (Lipinski definition) is 1. The smallest absolute Gasteiger partial charge is 0.373 e. The van der Waals surface area contributed by atoms with Crippen LogP contribution in [-0.2, 0) is 6.42 Å². The SMILES string of the molecule is CCc1c(NC)ncnc1N(CC(F)(F)F)C(C)C. The number of anilines is 2. The summed E-state index contributed by atoms with van der Waals surface area (Å²) < 4.78 is 38.0. The van der Waals surface area contributed by atoms with Crippen molar-refractivity contribution in [1.29, 1.82) is 0 Å². The maximum atomic E-state index is 12.7. The molecule has 0 aliphatic carbocycles. The molecule has 1 aromatic heterocycles. The van der Waals surface area contributed by atoms with Crippen molar-refractivity contribution in [2.45, 2.75) is 39.4 Å². The molecule has 0 aliphatic heterocycles. The van der Waals surface area contributed by atoms with Crippen LogP contribution >= 0.6 is 0 Å². The minimum Gasteiger partial charge on any atom is -0.373 e. The van der Waals surface area contributed by atoms with Crippen LogP contribution in [0.25, 0.3) is 0 Å². The Kier molecular flexibility index (Phi) is 4.97. The first-order valence-electron chi connectivity index (χ1n) is 6.15. The summed E-state index contributed by atoms with van der Waals surface area (Å²) in [6.45, 7) is 4.28. The summed E-state index contributed by atoms with van der Waals surface area (Å²) in [5.41, 5.74) is 0.697. The predicted octanol–water partition coefficient (Wildman–Crippen LogP) is 2.86. The van der Waals surface area contributed by atoms with Crippen LogP contribution in [0.4, 0.5) is 24.8 Å². The Bertz CT molecular complexity index is 418. The molecule has 0 saturated carbocycles. The Labute approximate surface area is 111 Å². The molecule has 0 atom stereocenters. The highest BCUT2D eigenvalue weighted by Crippen LogP contribution is 2.28. The summed E-state index contributed by atoms with van der Waals surface area (Å²) in [5.74, 6) is 0.912. The molecule has 1 aromatic rings. The summed E-state index contributed by atoms with van der Waals surface area (Å²) in [7, 11) is 1.69. The number of hydrogen-bond acceptors (Lipinski definition) is 4. The normalized spacial score (nSPS) is 11.8. The maximum absolute atomic E-state index is 12.7. The van der Waals surface area contributed by atoms with Gasteiger partial charge in [-0.2, -0.15) is 13.2 Å². The highest BCUT2D eigenvalue weighted by Gasteiger charge is 2.33. The first kappa shape index (κ1) is 15.5. The van der Waals surface area contributed by atoms with Gasteiger partial charge in [-0.3, -0.25) is 0 Å². The fraction of sp³-hybridized carbons (Fsp3) is 0.667. The Balaban J connectivity index is 3.23. The highest BCUT2D eigenvalue weighted by atomic mass is 19.4. The molecule has 1 rings (SSSR count). The molecule has 108 valence electrons. The summed E-state index contributed by atoms with van der Waals surface area (Å²) in [6.07, 6.45) is -2.42. The van der Waals surface area contributed by atoms with Crippen molar-refractivity contribution < 1.29 is 13.2 Å². The molecule has 0 amide bonds. The quantitative estimate of drug-likeness (QED) is 0.898. The van der Waals surface area contributed by atoms with E-state index in [0.29, 0.717) is 23.6 Å². The van der Waals surface area contributed by atoms with Gasteiger partial charge in [0.25, 0.3) is 0 Å². The molecule has 0 radical (unpaired) electrons. The molecule has 1 heterocycles. The van der Waals surface area contributed by atoms with E-state index in [1.54, 1.807) is 20.9 Å². The van der Waals surface area contributed by atoms with E-state index >= 15 is 0 Å². The average Bonchev–Trinajstić information content (AvgIpc) is 2.33. The largest absolute Gasteiger partial charge is 0.405 e. The molecular weight excluding hydrogens is 257 g/mol. The van der Waals surface area contributed by atoms with Gasteiger partial charge < -0.3 is 10.2 Å². The molecule has 0 aliphatic rings. The average molecular weight is 276 g/mol. The van der Waals surface area contributed by atoms with E-state index in [4.69, 9.17) is 0 Å². The fourth-order valence-electron chi connectivity index (χ4n) is 1.89. The molecule has 4 nitrogen and oxygen atoms in total. The Hall–Kier alpha value is -1.53. The number of aromatic nitrogens is 2. The van der Waals surface area contributed by atoms with Crippen LogP contribution in [0.1, 0.15) is 26.3 Å². The van der Waals surface area contributed by atoms with E-state index in [1.807, 2.05) is 6.92 Å². The standard InChI is InChI=1S/C12H19F3N4/c1-5-9-10(16-4)17-7-18-11(9)19(8(2)3)6-12(13,14)15/h7-8H,5-6H2,1-4H3,(H,16,17,18). The molecule has 7 heteroatoms. The summed E-state index contributed by atoms with van der Waals surface area (Å²) >= 11 is 0. The zero-order chi connectivity index (χ0) is 14.6. The first-order chi connectivity index (χ1) is 8.80. The van der Waals surface area contributed by atoms with Gasteiger partial charge in [-0.25, -0.2) is 9.97 Å². The number of halogens is 3. The van der Waals surface area contributed by atoms with Gasteiger partial charge in [-0.1, -0.05) is 6.92 Å². The van der Waals surface area contributed by atoms with Gasteiger partial charge >= 0.3 is 6.18 Å².